The van der Waals surface area contributed by atoms with E-state index >= 15 is 0 Å². The first-order chi connectivity index (χ1) is 15.4. The van der Waals surface area contributed by atoms with Gasteiger partial charge in [0.15, 0.2) is 4.80 Å². The molecule has 6 nitrogen and oxygen atoms in total. The number of hydrogen-bond acceptors (Lipinski definition) is 6. The molecule has 8 heteroatoms. The standard InChI is InChI=1S/C24H21FN2O4S/c1-4-31-23(29)20-14(2)26-24-27(21(20)17-7-5-6-8-18(17)25)22(28)19(32-24)13-15-9-11-16(30-3)12-10-15/h5-13,21H,4H2,1-3H3/b19-13+/t21-/m0/s1. The second kappa shape index (κ2) is 8.92. The Morgan fingerprint density at radius 3 is 2.59 bits per heavy atom. The van der Waals surface area contributed by atoms with Gasteiger partial charge in [-0.25, -0.2) is 14.2 Å². The van der Waals surface area contributed by atoms with Crippen molar-refractivity contribution >= 4 is 23.4 Å². The number of carbonyl (C=O) groups excluding carboxylic acids is 1. The molecule has 3 aromatic rings. The zero-order chi connectivity index (χ0) is 22.8. The Morgan fingerprint density at radius 1 is 1.22 bits per heavy atom. The highest BCUT2D eigenvalue weighted by Crippen LogP contribution is 2.32. The van der Waals surface area contributed by atoms with Gasteiger partial charge in [-0.05, 0) is 43.7 Å². The number of ether oxygens (including phenoxy) is 2. The molecule has 0 saturated carbocycles. The summed E-state index contributed by atoms with van der Waals surface area (Å²) in [6, 6.07) is 12.4. The summed E-state index contributed by atoms with van der Waals surface area (Å²) in [5.41, 5.74) is 1.21. The van der Waals surface area contributed by atoms with Crippen LogP contribution in [0.15, 0.2) is 69.6 Å². The van der Waals surface area contributed by atoms with Gasteiger partial charge in [0.1, 0.15) is 17.6 Å². The fourth-order valence-corrected chi connectivity index (χ4v) is 4.68. The number of methoxy groups -OCH3 is 1. The highest BCUT2D eigenvalue weighted by Gasteiger charge is 2.34. The van der Waals surface area contributed by atoms with Crippen LogP contribution in [0.4, 0.5) is 4.39 Å². The number of allylic oxidation sites excluding steroid dienone is 1. The van der Waals surface area contributed by atoms with E-state index in [-0.39, 0.29) is 23.3 Å². The molecule has 1 atom stereocenters. The molecule has 1 aliphatic heterocycles. The van der Waals surface area contributed by atoms with Crippen LogP contribution in [-0.2, 0) is 9.53 Å². The minimum Gasteiger partial charge on any atom is -0.497 e. The molecule has 2 aromatic carbocycles. The molecule has 2 heterocycles. The molecule has 0 spiro atoms. The molecule has 0 saturated heterocycles. The second-order valence-electron chi connectivity index (χ2n) is 7.10. The third kappa shape index (κ3) is 3.89. The summed E-state index contributed by atoms with van der Waals surface area (Å²) in [6.07, 6.45) is 1.74. The van der Waals surface area contributed by atoms with Crippen LogP contribution in [0.1, 0.15) is 31.0 Å². The first-order valence-corrected chi connectivity index (χ1v) is 10.8. The van der Waals surface area contributed by atoms with Crippen LogP contribution >= 0.6 is 11.3 Å². The third-order valence-electron chi connectivity index (χ3n) is 5.13. The van der Waals surface area contributed by atoms with Crippen LogP contribution in [0.3, 0.4) is 0 Å². The molecular weight excluding hydrogens is 431 g/mol. The maximum Gasteiger partial charge on any atom is 0.338 e. The van der Waals surface area contributed by atoms with Crippen LogP contribution in [0.25, 0.3) is 6.08 Å². The van der Waals surface area contributed by atoms with E-state index < -0.39 is 17.8 Å². The number of nitrogens with zero attached hydrogens (tertiary/aromatic N) is 2. The maximum absolute atomic E-state index is 14.8. The Balaban J connectivity index is 1.94. The Morgan fingerprint density at radius 2 is 1.94 bits per heavy atom. The SMILES string of the molecule is CCOC(=O)C1=C(C)N=c2s/c(=C/c3ccc(OC)cc3)c(=O)n2[C@H]1c1ccccc1F. The number of halogens is 1. The number of benzene rings is 2. The van der Waals surface area contributed by atoms with Crippen molar-refractivity contribution in [2.24, 2.45) is 4.99 Å². The van der Waals surface area contributed by atoms with Gasteiger partial charge in [-0.1, -0.05) is 41.7 Å². The van der Waals surface area contributed by atoms with Crippen molar-refractivity contribution in [1.29, 1.82) is 0 Å². The van der Waals surface area contributed by atoms with E-state index in [0.717, 1.165) is 5.56 Å². The summed E-state index contributed by atoms with van der Waals surface area (Å²) in [5.74, 6) is -0.428. The van der Waals surface area contributed by atoms with Crippen LogP contribution in [0.2, 0.25) is 0 Å². The zero-order valence-corrected chi connectivity index (χ0v) is 18.6. The van der Waals surface area contributed by atoms with E-state index in [1.807, 2.05) is 12.1 Å². The van der Waals surface area contributed by atoms with Gasteiger partial charge >= 0.3 is 5.97 Å². The summed E-state index contributed by atoms with van der Waals surface area (Å²) < 4.78 is 27.0. The van der Waals surface area contributed by atoms with Gasteiger partial charge in [-0.3, -0.25) is 9.36 Å². The normalized spacial score (nSPS) is 15.9. The lowest BCUT2D eigenvalue weighted by Gasteiger charge is -2.24. The van der Waals surface area contributed by atoms with Gasteiger partial charge in [-0.15, -0.1) is 0 Å². The monoisotopic (exact) mass is 452 g/mol. The maximum atomic E-state index is 14.8. The van der Waals surface area contributed by atoms with Crippen molar-refractivity contribution in [3.63, 3.8) is 0 Å². The van der Waals surface area contributed by atoms with E-state index in [1.165, 1.54) is 22.0 Å². The molecule has 0 unspecified atom stereocenters. The molecule has 0 bridgehead atoms. The number of esters is 1. The van der Waals surface area contributed by atoms with Gasteiger partial charge < -0.3 is 9.47 Å². The summed E-state index contributed by atoms with van der Waals surface area (Å²) in [7, 11) is 1.58. The summed E-state index contributed by atoms with van der Waals surface area (Å²) >= 11 is 1.19. The lowest BCUT2D eigenvalue weighted by Crippen LogP contribution is -2.40. The van der Waals surface area contributed by atoms with E-state index in [2.05, 4.69) is 4.99 Å². The molecule has 0 fully saturated rings. The Kier molecular flexibility index (Phi) is 6.05. The van der Waals surface area contributed by atoms with Gasteiger partial charge in [-0.2, -0.15) is 0 Å². The van der Waals surface area contributed by atoms with Gasteiger partial charge in [0.25, 0.3) is 5.56 Å². The highest BCUT2D eigenvalue weighted by atomic mass is 32.1. The summed E-state index contributed by atoms with van der Waals surface area (Å²) in [6.45, 7) is 3.51. The lowest BCUT2D eigenvalue weighted by atomic mass is 9.95. The first-order valence-electron chi connectivity index (χ1n) is 10.0. The van der Waals surface area contributed by atoms with E-state index in [4.69, 9.17) is 9.47 Å². The number of hydrogen-bond donors (Lipinski definition) is 0. The molecule has 164 valence electrons. The average Bonchev–Trinajstić information content (AvgIpc) is 3.08. The smallest absolute Gasteiger partial charge is 0.338 e. The van der Waals surface area contributed by atoms with Crippen LogP contribution < -0.4 is 19.6 Å². The Bertz CT molecular complexity index is 1390. The predicted molar refractivity (Wildman–Crippen MR) is 120 cm³/mol. The summed E-state index contributed by atoms with van der Waals surface area (Å²) in [4.78, 5) is 31.1. The van der Waals surface area contributed by atoms with Crippen LogP contribution in [0, 0.1) is 5.82 Å². The number of aromatic nitrogens is 1. The van der Waals surface area contributed by atoms with E-state index in [0.29, 0.717) is 20.8 Å². The minimum atomic E-state index is -0.968. The van der Waals surface area contributed by atoms with Gasteiger partial charge in [0, 0.05) is 5.56 Å². The van der Waals surface area contributed by atoms with Crippen molar-refractivity contribution in [3.05, 3.63) is 96.4 Å². The topological polar surface area (TPSA) is 69.9 Å². The molecule has 1 aromatic heterocycles. The lowest BCUT2D eigenvalue weighted by molar-refractivity contribution is -0.139. The molecule has 0 amide bonds. The average molecular weight is 453 g/mol. The molecular formula is C24H21FN2O4S. The van der Waals surface area contributed by atoms with Crippen LogP contribution in [0.5, 0.6) is 5.75 Å². The quantitative estimate of drug-likeness (QED) is 0.558. The highest BCUT2D eigenvalue weighted by molar-refractivity contribution is 7.07. The molecule has 0 N–H and O–H groups in total. The van der Waals surface area contributed by atoms with Crippen molar-refractivity contribution in [1.82, 2.24) is 4.57 Å². The Labute approximate surface area is 187 Å². The fourth-order valence-electron chi connectivity index (χ4n) is 3.63. The van der Waals surface area contributed by atoms with Gasteiger partial charge in [0.05, 0.1) is 29.5 Å². The number of carbonyl (C=O) groups is 1. The number of fused-ring (bicyclic) bond motifs is 1. The van der Waals surface area contributed by atoms with E-state index in [1.54, 1.807) is 57.4 Å². The second-order valence-corrected chi connectivity index (χ2v) is 8.11. The third-order valence-corrected chi connectivity index (χ3v) is 6.11. The first kappa shape index (κ1) is 21.7. The molecule has 0 radical (unpaired) electrons. The van der Waals surface area contributed by atoms with Crippen molar-refractivity contribution in [2.75, 3.05) is 13.7 Å². The van der Waals surface area contributed by atoms with Crippen molar-refractivity contribution in [3.8, 4) is 5.75 Å². The van der Waals surface area contributed by atoms with Crippen molar-refractivity contribution in [2.45, 2.75) is 19.9 Å². The number of thiazole rings is 1. The van der Waals surface area contributed by atoms with Crippen LogP contribution in [-0.4, -0.2) is 24.3 Å². The predicted octanol–water partition coefficient (Wildman–Crippen LogP) is 2.95. The minimum absolute atomic E-state index is 0.153. The molecule has 4 rings (SSSR count). The fraction of sp³-hybridized carbons (Fsp3) is 0.208. The van der Waals surface area contributed by atoms with Gasteiger partial charge in [0.2, 0.25) is 0 Å². The zero-order valence-electron chi connectivity index (χ0n) is 17.8. The molecule has 32 heavy (non-hydrogen) atoms. The Hall–Kier alpha value is -3.52. The largest absolute Gasteiger partial charge is 0.497 e. The van der Waals surface area contributed by atoms with E-state index in [9.17, 15) is 14.0 Å². The number of rotatable bonds is 5. The molecule has 0 aliphatic carbocycles. The molecule has 1 aliphatic rings. The summed E-state index contributed by atoms with van der Waals surface area (Å²) in [5, 5.41) is 0. The van der Waals surface area contributed by atoms with Crippen molar-refractivity contribution < 1.29 is 18.7 Å².